The van der Waals surface area contributed by atoms with Gasteiger partial charge in [-0.3, -0.25) is 10.00 Å². The standard InChI is InChI=1S/C13H19ClN6OS/c1-13(2,3)12-15-11(17-18-12)9-7-20(4-5-21-9)6-8-10(14)22-19-16-8/h9H,4-7H2,1-3H3,(H,15,17,18)/t9-/m1/s1. The van der Waals surface area contributed by atoms with Gasteiger partial charge in [0, 0.05) is 36.6 Å². The molecule has 1 saturated heterocycles. The molecule has 3 rings (SSSR count). The van der Waals surface area contributed by atoms with E-state index in [1.807, 2.05) is 0 Å². The fourth-order valence-corrected chi connectivity index (χ4v) is 2.88. The number of ether oxygens (including phenoxy) is 1. The van der Waals surface area contributed by atoms with Crippen LogP contribution in [0.2, 0.25) is 4.34 Å². The highest BCUT2D eigenvalue weighted by molar-refractivity contribution is 7.10. The zero-order valence-corrected chi connectivity index (χ0v) is 14.4. The summed E-state index contributed by atoms with van der Waals surface area (Å²) in [5, 5.41) is 11.4. The Morgan fingerprint density at radius 1 is 1.45 bits per heavy atom. The van der Waals surface area contributed by atoms with E-state index in [0.29, 0.717) is 17.5 Å². The molecule has 1 aliphatic heterocycles. The highest BCUT2D eigenvalue weighted by atomic mass is 35.5. The van der Waals surface area contributed by atoms with Gasteiger partial charge in [-0.2, -0.15) is 5.10 Å². The molecule has 1 fully saturated rings. The summed E-state index contributed by atoms with van der Waals surface area (Å²) in [6.07, 6.45) is -0.109. The predicted molar refractivity (Wildman–Crippen MR) is 84.0 cm³/mol. The Morgan fingerprint density at radius 3 is 2.91 bits per heavy atom. The van der Waals surface area contributed by atoms with Crippen LogP contribution in [0.15, 0.2) is 0 Å². The van der Waals surface area contributed by atoms with Crippen molar-refractivity contribution in [1.82, 2.24) is 29.7 Å². The number of H-pyrrole nitrogens is 1. The molecule has 0 amide bonds. The van der Waals surface area contributed by atoms with E-state index >= 15 is 0 Å². The third-order valence-electron chi connectivity index (χ3n) is 3.51. The maximum atomic E-state index is 6.07. The molecule has 7 nitrogen and oxygen atoms in total. The smallest absolute Gasteiger partial charge is 0.156 e. The van der Waals surface area contributed by atoms with Gasteiger partial charge in [0.15, 0.2) is 11.6 Å². The molecule has 3 heterocycles. The minimum Gasteiger partial charge on any atom is -0.368 e. The van der Waals surface area contributed by atoms with Crippen LogP contribution in [0.5, 0.6) is 0 Å². The fourth-order valence-electron chi connectivity index (χ4n) is 2.27. The van der Waals surface area contributed by atoms with Crippen LogP contribution in [-0.2, 0) is 16.7 Å². The fraction of sp³-hybridized carbons (Fsp3) is 0.692. The first-order chi connectivity index (χ1) is 10.4. The van der Waals surface area contributed by atoms with Crippen LogP contribution < -0.4 is 0 Å². The van der Waals surface area contributed by atoms with Crippen LogP contribution in [-0.4, -0.2) is 49.4 Å². The van der Waals surface area contributed by atoms with E-state index in [4.69, 9.17) is 16.3 Å². The maximum Gasteiger partial charge on any atom is 0.156 e. The normalized spacial score (nSPS) is 20.5. The van der Waals surface area contributed by atoms with Crippen molar-refractivity contribution < 1.29 is 4.74 Å². The minimum absolute atomic E-state index is 0.0805. The number of hydrogen-bond donors (Lipinski definition) is 1. The van der Waals surface area contributed by atoms with Crippen molar-refractivity contribution in [2.75, 3.05) is 19.7 Å². The first-order valence-corrected chi connectivity index (χ1v) is 8.32. The van der Waals surface area contributed by atoms with E-state index in [2.05, 4.69) is 50.4 Å². The number of hydrogen-bond acceptors (Lipinski definition) is 7. The summed E-state index contributed by atoms with van der Waals surface area (Å²) < 4.78 is 10.3. The second-order valence-corrected chi connectivity index (χ2v) is 7.74. The molecule has 0 saturated carbocycles. The second kappa shape index (κ2) is 6.19. The van der Waals surface area contributed by atoms with Gasteiger partial charge >= 0.3 is 0 Å². The van der Waals surface area contributed by atoms with E-state index in [9.17, 15) is 0 Å². The summed E-state index contributed by atoms with van der Waals surface area (Å²) in [6.45, 7) is 9.15. The summed E-state index contributed by atoms with van der Waals surface area (Å²) in [4.78, 5) is 6.83. The summed E-state index contributed by atoms with van der Waals surface area (Å²) in [6, 6.07) is 0. The van der Waals surface area contributed by atoms with Gasteiger partial charge in [-0.25, -0.2) is 4.98 Å². The van der Waals surface area contributed by atoms with E-state index in [0.717, 1.165) is 30.4 Å². The Hall–Kier alpha value is -1.09. The van der Waals surface area contributed by atoms with Crippen LogP contribution in [0.4, 0.5) is 0 Å². The summed E-state index contributed by atoms with van der Waals surface area (Å²) in [7, 11) is 0. The molecule has 1 N–H and O–H groups in total. The SMILES string of the molecule is CC(C)(C)c1n[nH]c([C@H]2CN(Cc3nnsc3Cl)CCO2)n1. The lowest BCUT2D eigenvalue weighted by molar-refractivity contribution is -0.0374. The average molecular weight is 343 g/mol. The highest BCUT2D eigenvalue weighted by Crippen LogP contribution is 2.25. The lowest BCUT2D eigenvalue weighted by Crippen LogP contribution is -2.38. The van der Waals surface area contributed by atoms with Gasteiger partial charge in [0.05, 0.1) is 6.61 Å². The zero-order chi connectivity index (χ0) is 15.7. The maximum absolute atomic E-state index is 6.07. The number of aromatic nitrogens is 5. The Kier molecular flexibility index (Phi) is 4.44. The number of nitrogens with zero attached hydrogens (tertiary/aromatic N) is 5. The molecular formula is C13H19ClN6OS. The molecule has 9 heteroatoms. The lowest BCUT2D eigenvalue weighted by atomic mass is 9.96. The monoisotopic (exact) mass is 342 g/mol. The van der Waals surface area contributed by atoms with E-state index in [1.54, 1.807) is 0 Å². The van der Waals surface area contributed by atoms with Gasteiger partial charge in [0.2, 0.25) is 0 Å². The van der Waals surface area contributed by atoms with Gasteiger partial charge in [0.25, 0.3) is 0 Å². The third-order valence-corrected chi connectivity index (χ3v) is 4.50. The topological polar surface area (TPSA) is 79.8 Å². The molecule has 2 aromatic heterocycles. The van der Waals surface area contributed by atoms with Crippen LogP contribution in [0, 0.1) is 0 Å². The van der Waals surface area contributed by atoms with Crippen molar-refractivity contribution in [3.63, 3.8) is 0 Å². The zero-order valence-electron chi connectivity index (χ0n) is 12.8. The van der Waals surface area contributed by atoms with Crippen LogP contribution in [0.3, 0.4) is 0 Å². The van der Waals surface area contributed by atoms with E-state index in [-0.39, 0.29) is 11.5 Å². The lowest BCUT2D eigenvalue weighted by Gasteiger charge is -2.31. The molecule has 22 heavy (non-hydrogen) atoms. The van der Waals surface area contributed by atoms with Crippen molar-refractivity contribution in [3.8, 4) is 0 Å². The second-order valence-electron chi connectivity index (χ2n) is 6.38. The van der Waals surface area contributed by atoms with Gasteiger partial charge in [-0.05, 0) is 0 Å². The van der Waals surface area contributed by atoms with Crippen LogP contribution in [0.1, 0.15) is 44.2 Å². The number of morpholine rings is 1. The van der Waals surface area contributed by atoms with Crippen LogP contribution >= 0.6 is 23.1 Å². The quantitative estimate of drug-likeness (QED) is 0.921. The molecule has 1 atom stereocenters. The first kappa shape index (κ1) is 15.8. The molecule has 0 radical (unpaired) electrons. The van der Waals surface area contributed by atoms with Crippen molar-refractivity contribution >= 4 is 23.1 Å². The molecule has 0 spiro atoms. The molecular weight excluding hydrogens is 324 g/mol. The van der Waals surface area contributed by atoms with E-state index in [1.165, 1.54) is 11.5 Å². The third kappa shape index (κ3) is 3.45. The minimum atomic E-state index is -0.109. The Bertz CT molecular complexity index is 637. The molecule has 2 aromatic rings. The molecule has 0 bridgehead atoms. The predicted octanol–water partition coefficient (Wildman–Crippen LogP) is 2.18. The number of aromatic amines is 1. The number of rotatable bonds is 3. The van der Waals surface area contributed by atoms with Crippen molar-refractivity contribution in [2.45, 2.75) is 38.8 Å². The Labute approximate surface area is 138 Å². The van der Waals surface area contributed by atoms with Crippen molar-refractivity contribution in [1.29, 1.82) is 0 Å². The van der Waals surface area contributed by atoms with Gasteiger partial charge < -0.3 is 4.74 Å². The summed E-state index contributed by atoms with van der Waals surface area (Å²) >= 11 is 7.29. The number of halogens is 1. The molecule has 1 aliphatic rings. The molecule has 0 aromatic carbocycles. The largest absolute Gasteiger partial charge is 0.368 e. The molecule has 120 valence electrons. The van der Waals surface area contributed by atoms with Gasteiger partial charge in [-0.1, -0.05) is 36.9 Å². The average Bonchev–Trinajstić information content (AvgIpc) is 3.09. The van der Waals surface area contributed by atoms with Gasteiger partial charge in [-0.15, -0.1) is 5.10 Å². The Balaban J connectivity index is 1.68. The van der Waals surface area contributed by atoms with E-state index < -0.39 is 0 Å². The van der Waals surface area contributed by atoms with Crippen LogP contribution in [0.25, 0.3) is 0 Å². The van der Waals surface area contributed by atoms with Gasteiger partial charge in [0.1, 0.15) is 16.1 Å². The molecule has 0 aliphatic carbocycles. The Morgan fingerprint density at radius 2 is 2.27 bits per heavy atom. The van der Waals surface area contributed by atoms with Crippen molar-refractivity contribution in [2.24, 2.45) is 0 Å². The molecule has 0 unspecified atom stereocenters. The van der Waals surface area contributed by atoms with Crippen molar-refractivity contribution in [3.05, 3.63) is 21.7 Å². The summed E-state index contributed by atoms with van der Waals surface area (Å²) in [5.74, 6) is 1.58. The first-order valence-electron chi connectivity index (χ1n) is 7.17. The highest BCUT2D eigenvalue weighted by Gasteiger charge is 2.28. The summed E-state index contributed by atoms with van der Waals surface area (Å²) in [5.41, 5.74) is 0.739. The number of nitrogens with one attached hydrogen (secondary N) is 1.